The summed E-state index contributed by atoms with van der Waals surface area (Å²) in [6.45, 7) is 0.684. The van der Waals surface area contributed by atoms with Gasteiger partial charge in [0, 0.05) is 10.1 Å². The predicted molar refractivity (Wildman–Crippen MR) is 61.1 cm³/mol. The molecule has 0 saturated carbocycles. The Bertz CT molecular complexity index is 436. The number of thiophene rings is 1. The summed E-state index contributed by atoms with van der Waals surface area (Å²) in [6, 6.07) is 6.13. The zero-order valence-electron chi connectivity index (χ0n) is 8.12. The molecule has 3 heteroatoms. The van der Waals surface area contributed by atoms with Crippen molar-refractivity contribution in [2.24, 2.45) is 5.73 Å². The average molecular weight is 207 g/mol. The Morgan fingerprint density at radius 2 is 2.29 bits per heavy atom. The molecule has 1 heterocycles. The van der Waals surface area contributed by atoms with Crippen LogP contribution in [-0.4, -0.2) is 13.7 Å². The highest BCUT2D eigenvalue weighted by molar-refractivity contribution is 7.17. The van der Waals surface area contributed by atoms with Crippen molar-refractivity contribution in [3.05, 3.63) is 29.1 Å². The molecule has 0 aliphatic rings. The van der Waals surface area contributed by atoms with Crippen molar-refractivity contribution < 1.29 is 4.74 Å². The van der Waals surface area contributed by atoms with E-state index in [4.69, 9.17) is 10.5 Å². The lowest BCUT2D eigenvalue weighted by Crippen LogP contribution is -2.02. The fraction of sp³-hybridized carbons (Fsp3) is 0.273. The standard InChI is InChI=1S/C11H13NOS/c1-13-9-3-2-4-10-11(9)8(5-6-12)7-14-10/h2-4,7H,5-6,12H2,1H3. The predicted octanol–water partition coefficient (Wildman–Crippen LogP) is 2.41. The van der Waals surface area contributed by atoms with Crippen molar-refractivity contribution in [2.45, 2.75) is 6.42 Å². The Labute approximate surface area is 87.3 Å². The maximum Gasteiger partial charge on any atom is 0.127 e. The van der Waals surface area contributed by atoms with Gasteiger partial charge in [-0.05, 0) is 36.0 Å². The van der Waals surface area contributed by atoms with Gasteiger partial charge >= 0.3 is 0 Å². The van der Waals surface area contributed by atoms with E-state index in [1.54, 1.807) is 18.4 Å². The average Bonchev–Trinajstić information content (AvgIpc) is 2.62. The molecular formula is C11H13NOS. The number of hydrogen-bond acceptors (Lipinski definition) is 3. The fourth-order valence-electron chi connectivity index (χ4n) is 1.63. The summed E-state index contributed by atoms with van der Waals surface area (Å²) in [4.78, 5) is 0. The van der Waals surface area contributed by atoms with Crippen molar-refractivity contribution in [3.8, 4) is 5.75 Å². The van der Waals surface area contributed by atoms with E-state index in [9.17, 15) is 0 Å². The molecule has 0 spiro atoms. The van der Waals surface area contributed by atoms with Gasteiger partial charge in [-0.15, -0.1) is 11.3 Å². The number of fused-ring (bicyclic) bond motifs is 1. The van der Waals surface area contributed by atoms with Crippen LogP contribution < -0.4 is 10.5 Å². The Morgan fingerprint density at radius 1 is 1.43 bits per heavy atom. The molecule has 0 amide bonds. The third kappa shape index (κ3) is 1.49. The normalized spacial score (nSPS) is 10.7. The maximum atomic E-state index is 5.57. The van der Waals surface area contributed by atoms with Crippen LogP contribution in [0.3, 0.4) is 0 Å². The summed E-state index contributed by atoms with van der Waals surface area (Å²) in [7, 11) is 1.71. The smallest absolute Gasteiger partial charge is 0.127 e. The van der Waals surface area contributed by atoms with Gasteiger partial charge in [0.2, 0.25) is 0 Å². The highest BCUT2D eigenvalue weighted by Crippen LogP contribution is 2.33. The Hall–Kier alpha value is -1.06. The van der Waals surface area contributed by atoms with Crippen LogP contribution in [0.5, 0.6) is 5.75 Å². The van der Waals surface area contributed by atoms with Gasteiger partial charge in [0.15, 0.2) is 0 Å². The molecule has 0 aliphatic carbocycles. The number of hydrogen-bond donors (Lipinski definition) is 1. The van der Waals surface area contributed by atoms with Gasteiger partial charge in [-0.25, -0.2) is 0 Å². The molecule has 0 aliphatic heterocycles. The SMILES string of the molecule is COc1cccc2scc(CCN)c12. The van der Waals surface area contributed by atoms with Crippen LogP contribution in [0.15, 0.2) is 23.6 Å². The van der Waals surface area contributed by atoms with E-state index in [1.165, 1.54) is 15.6 Å². The molecule has 0 unspecified atom stereocenters. The van der Waals surface area contributed by atoms with Crippen LogP contribution in [0, 0.1) is 0 Å². The molecule has 2 aromatic rings. The van der Waals surface area contributed by atoms with Crippen molar-refractivity contribution in [3.63, 3.8) is 0 Å². The first-order chi connectivity index (χ1) is 6.86. The maximum absolute atomic E-state index is 5.57. The highest BCUT2D eigenvalue weighted by Gasteiger charge is 2.07. The molecule has 1 aromatic heterocycles. The molecule has 0 fully saturated rings. The fourth-order valence-corrected chi connectivity index (χ4v) is 2.64. The number of methoxy groups -OCH3 is 1. The van der Waals surface area contributed by atoms with Crippen molar-refractivity contribution >= 4 is 21.4 Å². The molecule has 0 saturated heterocycles. The van der Waals surface area contributed by atoms with Crippen LogP contribution >= 0.6 is 11.3 Å². The van der Waals surface area contributed by atoms with Crippen molar-refractivity contribution in [1.82, 2.24) is 0 Å². The molecule has 1 aromatic carbocycles. The first-order valence-electron chi connectivity index (χ1n) is 4.60. The van der Waals surface area contributed by atoms with Gasteiger partial charge in [-0.2, -0.15) is 0 Å². The number of benzene rings is 1. The molecular weight excluding hydrogens is 194 g/mol. The topological polar surface area (TPSA) is 35.2 Å². The second kappa shape index (κ2) is 3.98. The van der Waals surface area contributed by atoms with E-state index in [2.05, 4.69) is 11.4 Å². The number of ether oxygens (including phenoxy) is 1. The van der Waals surface area contributed by atoms with E-state index in [-0.39, 0.29) is 0 Å². The molecule has 14 heavy (non-hydrogen) atoms. The highest BCUT2D eigenvalue weighted by atomic mass is 32.1. The second-order valence-corrected chi connectivity index (χ2v) is 4.04. The zero-order chi connectivity index (χ0) is 9.97. The minimum absolute atomic E-state index is 0.684. The summed E-state index contributed by atoms with van der Waals surface area (Å²) in [5.74, 6) is 0.951. The first-order valence-corrected chi connectivity index (χ1v) is 5.48. The second-order valence-electron chi connectivity index (χ2n) is 3.13. The molecule has 2 nitrogen and oxygen atoms in total. The van der Waals surface area contributed by atoms with E-state index < -0.39 is 0 Å². The minimum Gasteiger partial charge on any atom is -0.496 e. The number of rotatable bonds is 3. The molecule has 74 valence electrons. The lowest BCUT2D eigenvalue weighted by molar-refractivity contribution is 0.419. The monoisotopic (exact) mass is 207 g/mol. The van der Waals surface area contributed by atoms with Gasteiger partial charge in [-0.3, -0.25) is 0 Å². The number of nitrogens with two attached hydrogens (primary N) is 1. The van der Waals surface area contributed by atoms with Gasteiger partial charge in [0.1, 0.15) is 5.75 Å². The Kier molecular flexibility index (Phi) is 2.70. The molecule has 0 atom stereocenters. The molecule has 0 radical (unpaired) electrons. The Balaban J connectivity index is 2.62. The zero-order valence-corrected chi connectivity index (χ0v) is 8.93. The van der Waals surface area contributed by atoms with E-state index in [0.717, 1.165) is 12.2 Å². The van der Waals surface area contributed by atoms with Crippen molar-refractivity contribution in [1.29, 1.82) is 0 Å². The molecule has 2 rings (SSSR count). The summed E-state index contributed by atoms with van der Waals surface area (Å²) >= 11 is 1.75. The van der Waals surface area contributed by atoms with Crippen LogP contribution in [0.4, 0.5) is 0 Å². The quantitative estimate of drug-likeness (QED) is 0.838. The lowest BCUT2D eigenvalue weighted by atomic mass is 10.1. The summed E-state index contributed by atoms with van der Waals surface area (Å²) in [5, 5.41) is 3.39. The van der Waals surface area contributed by atoms with Crippen LogP contribution in [0.25, 0.3) is 10.1 Å². The van der Waals surface area contributed by atoms with E-state index in [0.29, 0.717) is 6.54 Å². The third-order valence-corrected chi connectivity index (χ3v) is 3.27. The van der Waals surface area contributed by atoms with Crippen molar-refractivity contribution in [2.75, 3.05) is 13.7 Å². The van der Waals surface area contributed by atoms with Crippen LogP contribution in [0.2, 0.25) is 0 Å². The minimum atomic E-state index is 0.684. The van der Waals surface area contributed by atoms with Gasteiger partial charge in [0.05, 0.1) is 7.11 Å². The van der Waals surface area contributed by atoms with Crippen LogP contribution in [-0.2, 0) is 6.42 Å². The first kappa shape index (κ1) is 9.49. The van der Waals surface area contributed by atoms with E-state index >= 15 is 0 Å². The van der Waals surface area contributed by atoms with Crippen LogP contribution in [0.1, 0.15) is 5.56 Å². The lowest BCUT2D eigenvalue weighted by Gasteiger charge is -2.03. The van der Waals surface area contributed by atoms with E-state index in [1.807, 2.05) is 12.1 Å². The summed E-state index contributed by atoms with van der Waals surface area (Å²) in [6.07, 6.45) is 0.917. The molecule has 0 bridgehead atoms. The largest absolute Gasteiger partial charge is 0.496 e. The third-order valence-electron chi connectivity index (χ3n) is 2.27. The van der Waals surface area contributed by atoms with Gasteiger partial charge in [-0.1, -0.05) is 6.07 Å². The molecule has 2 N–H and O–H groups in total. The Morgan fingerprint density at radius 3 is 3.00 bits per heavy atom. The summed E-state index contributed by atoms with van der Waals surface area (Å²) < 4.78 is 6.61. The van der Waals surface area contributed by atoms with Gasteiger partial charge < -0.3 is 10.5 Å². The summed E-state index contributed by atoms with van der Waals surface area (Å²) in [5.41, 5.74) is 6.86. The van der Waals surface area contributed by atoms with Gasteiger partial charge in [0.25, 0.3) is 0 Å².